The number of para-hydroxylation sites is 1. The van der Waals surface area contributed by atoms with Crippen molar-refractivity contribution >= 4 is 35.8 Å². The van der Waals surface area contributed by atoms with Crippen LogP contribution in [-0.2, 0) is 15.8 Å². The molecule has 0 spiro atoms. The van der Waals surface area contributed by atoms with Crippen LogP contribution in [0.5, 0.6) is 0 Å². The van der Waals surface area contributed by atoms with Crippen LogP contribution in [0, 0.1) is 0 Å². The lowest BCUT2D eigenvalue weighted by molar-refractivity contribution is -0.113. The number of rotatable bonds is 9. The number of benzene rings is 1. The summed E-state index contributed by atoms with van der Waals surface area (Å²) in [7, 11) is -4.72. The number of anilines is 3. The van der Waals surface area contributed by atoms with Gasteiger partial charge in [0.05, 0.1) is 25.3 Å². The molecule has 3 aromatic rings. The Morgan fingerprint density at radius 2 is 1.67 bits per heavy atom. The topological polar surface area (TPSA) is 108 Å². The van der Waals surface area contributed by atoms with Crippen LogP contribution in [0.1, 0.15) is 0 Å². The monoisotopic (exact) mass is 496 g/mol. The van der Waals surface area contributed by atoms with E-state index in [2.05, 4.69) is 20.3 Å². The van der Waals surface area contributed by atoms with Crippen LogP contribution in [-0.4, -0.2) is 57.2 Å². The predicted molar refractivity (Wildman–Crippen MR) is 110 cm³/mol. The van der Waals surface area contributed by atoms with E-state index in [-0.39, 0.29) is 24.7 Å². The normalized spacial score (nSPS) is 12.9. The van der Waals surface area contributed by atoms with Gasteiger partial charge in [-0.1, -0.05) is 18.2 Å². The number of aromatic nitrogens is 4. The number of nitrogen functional groups attached to an aromatic ring is 1. The van der Waals surface area contributed by atoms with E-state index in [0.717, 1.165) is 0 Å². The molecule has 0 amide bonds. The first-order valence-electron chi connectivity index (χ1n) is 9.42. The minimum Gasteiger partial charge on any atom is -0.372 e. The molecule has 0 aliphatic heterocycles. The number of alkyl halides is 6. The average Bonchev–Trinajstić information content (AvgIpc) is 3.06. The number of nitrogens with one attached hydrogen (secondary N) is 1. The second kappa shape index (κ2) is 9.56. The van der Waals surface area contributed by atoms with Crippen LogP contribution >= 0.6 is 7.14 Å². The number of imidazole rings is 1. The summed E-state index contributed by atoms with van der Waals surface area (Å²) >= 11 is 0. The molecule has 3 N–H and O–H groups in total. The summed E-state index contributed by atoms with van der Waals surface area (Å²) in [6.45, 7) is -0.355. The molecule has 0 saturated carbocycles. The van der Waals surface area contributed by atoms with E-state index < -0.39 is 38.2 Å². The fraction of sp³-hybridized carbons (Fsp3) is 0.389. The molecule has 0 aliphatic carbocycles. The lowest BCUT2D eigenvalue weighted by Crippen LogP contribution is -2.24. The second-order valence-corrected chi connectivity index (χ2v) is 10.2. The molecule has 3 rings (SSSR count). The lowest BCUT2D eigenvalue weighted by Gasteiger charge is -2.21. The molecule has 33 heavy (non-hydrogen) atoms. The molecule has 0 unspecified atom stereocenters. The number of nitrogens with zero attached hydrogens (tertiary/aromatic N) is 4. The first-order valence-corrected chi connectivity index (χ1v) is 11.7. The van der Waals surface area contributed by atoms with Crippen molar-refractivity contribution in [3.63, 3.8) is 0 Å². The SMILES string of the molecule is Nc1nc(Nc2ccccc2)c2ncn(CCOCP(=O)(CC(F)(F)F)CC(F)(F)F)c2n1. The van der Waals surface area contributed by atoms with Gasteiger partial charge in [0.2, 0.25) is 5.95 Å². The van der Waals surface area contributed by atoms with Gasteiger partial charge in [-0.25, -0.2) is 4.98 Å². The summed E-state index contributed by atoms with van der Waals surface area (Å²) in [6.07, 6.45) is -13.9. The molecule has 0 radical (unpaired) electrons. The van der Waals surface area contributed by atoms with Crippen molar-refractivity contribution in [3.05, 3.63) is 36.7 Å². The van der Waals surface area contributed by atoms with E-state index in [1.54, 1.807) is 24.3 Å². The third kappa shape index (κ3) is 7.32. The van der Waals surface area contributed by atoms with Gasteiger partial charge in [0.1, 0.15) is 13.5 Å². The molecule has 0 bridgehead atoms. The van der Waals surface area contributed by atoms with Crippen molar-refractivity contribution in [1.82, 2.24) is 19.5 Å². The predicted octanol–water partition coefficient (Wildman–Crippen LogP) is 4.61. The first kappa shape index (κ1) is 24.8. The Balaban J connectivity index is 1.69. The molecule has 2 heterocycles. The van der Waals surface area contributed by atoms with Gasteiger partial charge in [-0.3, -0.25) is 0 Å². The number of hydrogen-bond donors (Lipinski definition) is 2. The van der Waals surface area contributed by atoms with Crippen molar-refractivity contribution in [2.24, 2.45) is 0 Å². The molecule has 0 fully saturated rings. The summed E-state index contributed by atoms with van der Waals surface area (Å²) in [4.78, 5) is 12.4. The molecular formula is C18H19F6N6O2P. The van der Waals surface area contributed by atoms with Gasteiger partial charge >= 0.3 is 12.4 Å². The Morgan fingerprint density at radius 3 is 2.27 bits per heavy atom. The zero-order chi connectivity index (χ0) is 24.3. The quantitative estimate of drug-likeness (QED) is 0.253. The third-order valence-corrected chi connectivity index (χ3v) is 6.78. The molecule has 8 nitrogen and oxygen atoms in total. The zero-order valence-electron chi connectivity index (χ0n) is 16.9. The number of ether oxygens (including phenoxy) is 1. The van der Waals surface area contributed by atoms with Gasteiger partial charge in [0.25, 0.3) is 0 Å². The summed E-state index contributed by atoms with van der Waals surface area (Å²) in [5.74, 6) is 0.228. The maximum Gasteiger partial charge on any atom is 0.395 e. The highest BCUT2D eigenvalue weighted by Crippen LogP contribution is 2.53. The van der Waals surface area contributed by atoms with Gasteiger partial charge in [-0.05, 0) is 12.1 Å². The van der Waals surface area contributed by atoms with Gasteiger partial charge in [-0.15, -0.1) is 0 Å². The summed E-state index contributed by atoms with van der Waals surface area (Å²) in [5, 5.41) is 3.04. The van der Waals surface area contributed by atoms with Gasteiger partial charge in [0, 0.05) is 12.2 Å². The molecule has 0 saturated heterocycles. The van der Waals surface area contributed by atoms with E-state index in [4.69, 9.17) is 10.5 Å². The van der Waals surface area contributed by atoms with Crippen LogP contribution in [0.15, 0.2) is 36.7 Å². The largest absolute Gasteiger partial charge is 0.395 e. The Morgan fingerprint density at radius 1 is 1.03 bits per heavy atom. The fourth-order valence-corrected chi connectivity index (χ4v) is 5.13. The summed E-state index contributed by atoms with van der Waals surface area (Å²) < 4.78 is 94.4. The molecule has 0 aliphatic rings. The molecule has 15 heteroatoms. The third-order valence-electron chi connectivity index (χ3n) is 4.26. The first-order chi connectivity index (χ1) is 15.3. The van der Waals surface area contributed by atoms with Crippen LogP contribution < -0.4 is 11.1 Å². The Labute approximate surface area is 183 Å². The van der Waals surface area contributed by atoms with Crippen molar-refractivity contribution in [2.45, 2.75) is 18.9 Å². The highest BCUT2D eigenvalue weighted by Gasteiger charge is 2.46. The maximum atomic E-state index is 12.6. The zero-order valence-corrected chi connectivity index (χ0v) is 17.8. The lowest BCUT2D eigenvalue weighted by atomic mass is 10.3. The van der Waals surface area contributed by atoms with Gasteiger partial charge in [0.15, 0.2) is 17.0 Å². The van der Waals surface area contributed by atoms with E-state index in [0.29, 0.717) is 17.0 Å². The Bertz CT molecular complexity index is 1120. The van der Waals surface area contributed by atoms with Crippen molar-refractivity contribution < 1.29 is 35.6 Å². The molecule has 0 atom stereocenters. The summed E-state index contributed by atoms with van der Waals surface area (Å²) in [5.41, 5.74) is 7.08. The fourth-order valence-electron chi connectivity index (χ4n) is 3.06. The van der Waals surface area contributed by atoms with E-state index in [1.807, 2.05) is 6.07 Å². The Hall–Kier alpha value is -2.86. The standard InChI is InChI=1S/C18H19F6N6O2P/c19-17(20,21)8-33(31,9-18(22,23)24)11-32-7-6-30-10-26-13-14(28-16(25)29-15(13)30)27-12-4-2-1-3-5-12/h1-5,10H,6-9,11H2,(H3,25,27,28,29). The Kier molecular flexibility index (Phi) is 7.17. The highest BCUT2D eigenvalue weighted by atomic mass is 31.2. The summed E-state index contributed by atoms with van der Waals surface area (Å²) in [6, 6.07) is 9.00. The smallest absolute Gasteiger partial charge is 0.372 e. The minimum absolute atomic E-state index is 0.0320. The van der Waals surface area contributed by atoms with Crippen molar-refractivity contribution in [1.29, 1.82) is 0 Å². The molecular weight excluding hydrogens is 477 g/mol. The maximum absolute atomic E-state index is 12.6. The van der Waals surface area contributed by atoms with Crippen LogP contribution in [0.2, 0.25) is 0 Å². The van der Waals surface area contributed by atoms with Crippen LogP contribution in [0.4, 0.5) is 43.8 Å². The number of halogens is 6. The average molecular weight is 496 g/mol. The van der Waals surface area contributed by atoms with E-state index in [9.17, 15) is 30.9 Å². The number of fused-ring (bicyclic) bond motifs is 1. The van der Waals surface area contributed by atoms with E-state index in [1.165, 1.54) is 10.9 Å². The minimum atomic E-state index is -5.01. The van der Waals surface area contributed by atoms with Crippen molar-refractivity contribution in [2.75, 3.05) is 36.3 Å². The van der Waals surface area contributed by atoms with Gasteiger partial charge in [-0.2, -0.15) is 36.3 Å². The highest BCUT2D eigenvalue weighted by molar-refractivity contribution is 7.63. The molecule has 2 aromatic heterocycles. The molecule has 1 aromatic carbocycles. The van der Waals surface area contributed by atoms with E-state index >= 15 is 0 Å². The van der Waals surface area contributed by atoms with Crippen LogP contribution in [0.3, 0.4) is 0 Å². The number of nitrogens with two attached hydrogens (primary N) is 1. The van der Waals surface area contributed by atoms with Gasteiger partial charge < -0.3 is 24.9 Å². The number of hydrogen-bond acceptors (Lipinski definition) is 7. The molecule has 180 valence electrons. The van der Waals surface area contributed by atoms with Crippen molar-refractivity contribution in [3.8, 4) is 0 Å². The second-order valence-electron chi connectivity index (χ2n) is 7.17. The van der Waals surface area contributed by atoms with Crippen LogP contribution in [0.25, 0.3) is 11.2 Å².